The minimum Gasteiger partial charge on any atom is -0.255 e. The van der Waals surface area contributed by atoms with E-state index < -0.39 is 21.9 Å². The average Bonchev–Trinajstić information content (AvgIpc) is 1.52. The third-order valence-corrected chi connectivity index (χ3v) is 1.76. The van der Waals surface area contributed by atoms with Crippen molar-refractivity contribution < 1.29 is 25.8 Å². The van der Waals surface area contributed by atoms with Crippen LogP contribution in [0.15, 0.2) is 0 Å². The van der Waals surface area contributed by atoms with Gasteiger partial charge in [0.25, 0.3) is 10.1 Å². The summed E-state index contributed by atoms with van der Waals surface area (Å²) >= 11 is 0. The van der Waals surface area contributed by atoms with E-state index in [4.69, 9.17) is 0 Å². The molecule has 0 aromatic carbocycles. The van der Waals surface area contributed by atoms with E-state index in [1.165, 1.54) is 0 Å². The summed E-state index contributed by atoms with van der Waals surface area (Å²) in [7, 11) is -4.08. The smallest absolute Gasteiger partial charge is 0.255 e. The van der Waals surface area contributed by atoms with Gasteiger partial charge < -0.3 is 0 Å². The molecule has 7 heteroatoms. The third-order valence-electron chi connectivity index (χ3n) is 1.04. The van der Waals surface area contributed by atoms with Crippen LogP contribution in [0, 0.1) is 0 Å². The van der Waals surface area contributed by atoms with Crippen molar-refractivity contribution in [3.63, 3.8) is 0 Å². The Morgan fingerprint density at radius 2 is 1.50 bits per heavy atom. The Hall–Kier alpha value is -0.300. The van der Waals surface area contributed by atoms with Gasteiger partial charge >= 0.3 is 6.18 Å². The second-order valence-corrected chi connectivity index (χ2v) is 4.37. The van der Waals surface area contributed by atoms with Crippen LogP contribution in [-0.4, -0.2) is 26.5 Å². The number of hydrogen-bond acceptors (Lipinski definition) is 3. The first-order chi connectivity index (χ1) is 4.96. The van der Waals surface area contributed by atoms with Gasteiger partial charge in [0.05, 0.1) is 6.26 Å². The lowest BCUT2D eigenvalue weighted by Crippen LogP contribution is -2.43. The Balaban J connectivity index is 4.67. The molecule has 0 radical (unpaired) electrons. The molecule has 12 heavy (non-hydrogen) atoms. The summed E-state index contributed by atoms with van der Waals surface area (Å²) in [6, 6.07) is 0. The Bertz CT molecular complexity index is 252. The van der Waals surface area contributed by atoms with Crippen LogP contribution in [0.3, 0.4) is 0 Å². The van der Waals surface area contributed by atoms with Crippen molar-refractivity contribution in [2.24, 2.45) is 0 Å². The summed E-state index contributed by atoms with van der Waals surface area (Å²) in [5, 5.41) is 0. The van der Waals surface area contributed by atoms with Crippen LogP contribution in [0.1, 0.15) is 13.8 Å². The number of halogens is 3. The number of hydrogen-bond donors (Lipinski definition) is 0. The second-order valence-electron chi connectivity index (χ2n) is 2.80. The summed E-state index contributed by atoms with van der Waals surface area (Å²) in [5.74, 6) is 0. The molecule has 0 saturated carbocycles. The van der Waals surface area contributed by atoms with Gasteiger partial charge in [-0.1, -0.05) is 0 Å². The quantitative estimate of drug-likeness (QED) is 0.639. The first kappa shape index (κ1) is 11.7. The maximum absolute atomic E-state index is 12.0. The molecule has 0 rings (SSSR count). The molecule has 0 aliphatic rings. The molecule has 0 spiro atoms. The van der Waals surface area contributed by atoms with Crippen molar-refractivity contribution in [3.8, 4) is 0 Å². The summed E-state index contributed by atoms with van der Waals surface area (Å²) in [6.07, 6.45) is -4.13. The molecule has 0 aromatic heterocycles. The third kappa shape index (κ3) is 3.40. The standard InChI is InChI=1S/C5H9F3O3S/c1-4(2,5(6,7)8)11-12(3,9)10/h1-3H3. The lowest BCUT2D eigenvalue weighted by atomic mass is 10.1. The molecule has 0 heterocycles. The van der Waals surface area contributed by atoms with Crippen molar-refractivity contribution in [1.82, 2.24) is 0 Å². The van der Waals surface area contributed by atoms with E-state index in [1.807, 2.05) is 0 Å². The van der Waals surface area contributed by atoms with E-state index in [-0.39, 0.29) is 0 Å². The van der Waals surface area contributed by atoms with Crippen LogP contribution in [0.4, 0.5) is 13.2 Å². The predicted octanol–water partition coefficient (Wildman–Crippen LogP) is 1.30. The van der Waals surface area contributed by atoms with Gasteiger partial charge in [0.15, 0.2) is 5.60 Å². The summed E-state index contributed by atoms with van der Waals surface area (Å²) in [6.45, 7) is 1.29. The average molecular weight is 206 g/mol. The van der Waals surface area contributed by atoms with Crippen LogP contribution in [0.5, 0.6) is 0 Å². The summed E-state index contributed by atoms with van der Waals surface area (Å²) in [4.78, 5) is 0. The highest BCUT2D eigenvalue weighted by molar-refractivity contribution is 7.86. The van der Waals surface area contributed by atoms with Gasteiger partial charge in [0.2, 0.25) is 0 Å². The molecule has 0 aliphatic heterocycles. The fraction of sp³-hybridized carbons (Fsp3) is 1.00. The van der Waals surface area contributed by atoms with Crippen molar-refractivity contribution in [2.75, 3.05) is 6.26 Å². The highest BCUT2D eigenvalue weighted by atomic mass is 32.2. The topological polar surface area (TPSA) is 43.4 Å². The van der Waals surface area contributed by atoms with Gasteiger partial charge in [0.1, 0.15) is 0 Å². The fourth-order valence-electron chi connectivity index (χ4n) is 0.426. The van der Waals surface area contributed by atoms with E-state index in [0.717, 1.165) is 0 Å². The maximum atomic E-state index is 12.0. The predicted molar refractivity (Wildman–Crippen MR) is 36.1 cm³/mol. The van der Waals surface area contributed by atoms with Crippen LogP contribution in [0.25, 0.3) is 0 Å². The van der Waals surface area contributed by atoms with E-state index in [9.17, 15) is 21.6 Å². The van der Waals surface area contributed by atoms with Crippen molar-refractivity contribution in [3.05, 3.63) is 0 Å². The minimum atomic E-state index is -4.70. The Labute approximate surface area is 68.6 Å². The molecule has 0 aliphatic carbocycles. The molecule has 0 atom stereocenters. The van der Waals surface area contributed by atoms with Gasteiger partial charge in [-0.05, 0) is 13.8 Å². The van der Waals surface area contributed by atoms with Crippen molar-refractivity contribution in [1.29, 1.82) is 0 Å². The molecule has 0 amide bonds. The molecule has 0 aromatic rings. The lowest BCUT2D eigenvalue weighted by molar-refractivity contribution is -0.233. The zero-order valence-electron chi connectivity index (χ0n) is 6.77. The normalized spacial score (nSPS) is 14.8. The van der Waals surface area contributed by atoms with Gasteiger partial charge in [-0.15, -0.1) is 0 Å². The molecule has 0 fully saturated rings. The summed E-state index contributed by atoms with van der Waals surface area (Å²) in [5.41, 5.74) is -2.67. The minimum absolute atomic E-state index is 0.570. The number of alkyl halides is 3. The van der Waals surface area contributed by atoms with Gasteiger partial charge in [-0.2, -0.15) is 21.6 Å². The molecule has 74 valence electrons. The van der Waals surface area contributed by atoms with Crippen molar-refractivity contribution in [2.45, 2.75) is 25.6 Å². The highest BCUT2D eigenvalue weighted by Gasteiger charge is 2.50. The van der Waals surface area contributed by atoms with E-state index in [2.05, 4.69) is 4.18 Å². The maximum Gasteiger partial charge on any atom is 0.418 e. The Kier molecular flexibility index (Phi) is 2.81. The van der Waals surface area contributed by atoms with Crippen LogP contribution < -0.4 is 0 Å². The van der Waals surface area contributed by atoms with E-state index >= 15 is 0 Å². The lowest BCUT2D eigenvalue weighted by Gasteiger charge is -2.25. The first-order valence-electron chi connectivity index (χ1n) is 2.93. The summed E-state index contributed by atoms with van der Waals surface area (Å²) < 4.78 is 60.5. The van der Waals surface area contributed by atoms with Gasteiger partial charge in [-0.25, -0.2) is 0 Å². The molecule has 0 saturated heterocycles. The monoisotopic (exact) mass is 206 g/mol. The Morgan fingerprint density at radius 1 is 1.17 bits per heavy atom. The van der Waals surface area contributed by atoms with Gasteiger partial charge in [-0.3, -0.25) is 4.18 Å². The largest absolute Gasteiger partial charge is 0.418 e. The SMILES string of the molecule is CC(C)(OS(C)(=O)=O)C(F)(F)F. The van der Waals surface area contributed by atoms with E-state index in [0.29, 0.717) is 20.1 Å². The molecular weight excluding hydrogens is 197 g/mol. The van der Waals surface area contributed by atoms with Crippen LogP contribution in [0.2, 0.25) is 0 Å². The zero-order chi connectivity index (χ0) is 10.2. The second kappa shape index (κ2) is 2.88. The fourth-order valence-corrected chi connectivity index (χ4v) is 1.28. The Morgan fingerprint density at radius 3 is 1.58 bits per heavy atom. The van der Waals surface area contributed by atoms with Crippen LogP contribution in [-0.2, 0) is 14.3 Å². The number of rotatable bonds is 2. The van der Waals surface area contributed by atoms with Crippen LogP contribution >= 0.6 is 0 Å². The van der Waals surface area contributed by atoms with Gasteiger partial charge in [0, 0.05) is 0 Å². The van der Waals surface area contributed by atoms with E-state index in [1.54, 1.807) is 0 Å². The molecule has 0 unspecified atom stereocenters. The molecule has 0 bridgehead atoms. The zero-order valence-corrected chi connectivity index (χ0v) is 7.58. The first-order valence-corrected chi connectivity index (χ1v) is 4.75. The molecule has 0 N–H and O–H groups in total. The van der Waals surface area contributed by atoms with Crippen molar-refractivity contribution >= 4 is 10.1 Å². The highest BCUT2D eigenvalue weighted by Crippen LogP contribution is 2.33. The molecular formula is C5H9F3O3S. The molecule has 3 nitrogen and oxygen atoms in total.